The van der Waals surface area contributed by atoms with E-state index in [1.54, 1.807) is 5.30 Å². The Morgan fingerprint density at radius 1 is 0.544 bits per heavy atom. The van der Waals surface area contributed by atoms with Crippen LogP contribution in [-0.4, -0.2) is 12.7 Å². The third-order valence-corrected chi connectivity index (χ3v) is 14.5. The molecule has 57 heavy (non-hydrogen) atoms. The summed E-state index contributed by atoms with van der Waals surface area (Å²) in [5.74, 6) is 0. The van der Waals surface area contributed by atoms with Crippen LogP contribution >= 0.6 is 16.7 Å². The van der Waals surface area contributed by atoms with Crippen LogP contribution in [0.1, 0.15) is 34.7 Å². The maximum Gasteiger partial charge on any atom is 0.0113 e. The molecular formula is C54H51NP2. The summed E-state index contributed by atoms with van der Waals surface area (Å²) in [6, 6.07) is 66.2. The largest absolute Gasteiger partial charge is 0.295 e. The molecule has 0 amide bonds. The second-order valence-corrected chi connectivity index (χ2v) is 18.6. The summed E-state index contributed by atoms with van der Waals surface area (Å²) >= 11 is 0. The van der Waals surface area contributed by atoms with Gasteiger partial charge in [0.15, 0.2) is 0 Å². The first-order valence-electron chi connectivity index (χ1n) is 20.1. The van der Waals surface area contributed by atoms with Crippen molar-refractivity contribution in [3.05, 3.63) is 210 Å². The molecule has 282 valence electrons. The summed E-state index contributed by atoms with van der Waals surface area (Å²) in [4.78, 5) is 0. The standard InChI is InChI=1S/C22H17P.C21H24NP.C11H10/c1-23-14-17-11-10-15-6-2-4-8-18(15)21(17)22-19-9-5-3-7-16(19)12-13-20(22)23;1-16(14-18-8-4-3-5-9-18)22-23-15-20-13-12-19-10-6-7-11-21(19)17(20)2;1-9-6-7-10-4-2-3-5-11(10)8-9/h2-13H,14H2,1H3;3-13,16,22-23H,14-15H2,1-2H3;2-8H,1H3. The van der Waals surface area contributed by atoms with Gasteiger partial charge < -0.3 is 0 Å². The Kier molecular flexibility index (Phi) is 12.2. The van der Waals surface area contributed by atoms with Gasteiger partial charge in [-0.05, 0) is 131 Å². The molecule has 9 aromatic rings. The maximum absolute atomic E-state index is 3.68. The Hall–Kier alpha value is -5.16. The van der Waals surface area contributed by atoms with Crippen molar-refractivity contribution in [3.63, 3.8) is 0 Å². The Morgan fingerprint density at radius 2 is 1.09 bits per heavy atom. The van der Waals surface area contributed by atoms with Gasteiger partial charge in [0.1, 0.15) is 0 Å². The highest BCUT2D eigenvalue weighted by Crippen LogP contribution is 2.49. The van der Waals surface area contributed by atoms with Gasteiger partial charge in [-0.3, -0.25) is 5.09 Å². The molecule has 0 aromatic heterocycles. The molecule has 0 bridgehead atoms. The zero-order valence-electron chi connectivity index (χ0n) is 33.5. The quantitative estimate of drug-likeness (QED) is 0.166. The van der Waals surface area contributed by atoms with Crippen molar-refractivity contribution in [3.8, 4) is 11.1 Å². The molecule has 3 unspecified atom stereocenters. The normalized spacial score (nSPS) is 13.8. The van der Waals surface area contributed by atoms with Crippen LogP contribution in [0.4, 0.5) is 0 Å². The summed E-state index contributed by atoms with van der Waals surface area (Å²) in [6.07, 6.45) is 3.39. The topological polar surface area (TPSA) is 12.0 Å². The zero-order valence-corrected chi connectivity index (χ0v) is 35.4. The Morgan fingerprint density at radius 3 is 1.81 bits per heavy atom. The number of nitrogens with one attached hydrogen (secondary N) is 1. The number of hydrogen-bond donors (Lipinski definition) is 1. The third-order valence-electron chi connectivity index (χ3n) is 11.2. The van der Waals surface area contributed by atoms with Gasteiger partial charge in [-0.25, -0.2) is 0 Å². The lowest BCUT2D eigenvalue weighted by Gasteiger charge is -2.28. The third kappa shape index (κ3) is 8.88. The van der Waals surface area contributed by atoms with Crippen LogP contribution in [0.2, 0.25) is 0 Å². The van der Waals surface area contributed by atoms with Gasteiger partial charge in [-0.15, -0.1) is 0 Å². The van der Waals surface area contributed by atoms with Crippen molar-refractivity contribution in [2.75, 3.05) is 6.66 Å². The van der Waals surface area contributed by atoms with Gasteiger partial charge in [0.2, 0.25) is 0 Å². The number of rotatable bonds is 6. The first kappa shape index (κ1) is 38.7. The van der Waals surface area contributed by atoms with E-state index in [4.69, 9.17) is 0 Å². The molecular weight excluding hydrogens is 725 g/mol. The van der Waals surface area contributed by atoms with Crippen LogP contribution < -0.4 is 10.4 Å². The monoisotopic (exact) mass is 775 g/mol. The Bertz CT molecular complexity index is 2790. The molecule has 1 aliphatic heterocycles. The minimum absolute atomic E-state index is 0.123. The fourth-order valence-electron chi connectivity index (χ4n) is 8.24. The summed E-state index contributed by atoms with van der Waals surface area (Å²) < 4.78 is 0. The maximum atomic E-state index is 3.68. The van der Waals surface area contributed by atoms with Crippen LogP contribution in [0, 0.1) is 13.8 Å². The van der Waals surface area contributed by atoms with Crippen molar-refractivity contribution >= 4 is 65.0 Å². The van der Waals surface area contributed by atoms with Gasteiger partial charge in [0, 0.05) is 12.2 Å². The lowest BCUT2D eigenvalue weighted by atomic mass is 9.90. The SMILES string of the molecule is CP1Cc2ccc3ccccc3c2-c2c1ccc1ccccc21.Cc1c(CPNC(C)Cc2ccccc2)ccc2ccccc12.Cc1ccc2ccccc2c1. The first-order valence-corrected chi connectivity index (χ1v) is 23.3. The fourth-order valence-corrected chi connectivity index (χ4v) is 11.3. The van der Waals surface area contributed by atoms with E-state index in [2.05, 4.69) is 215 Å². The molecule has 3 heteroatoms. The van der Waals surface area contributed by atoms with Gasteiger partial charge in [-0.2, -0.15) is 0 Å². The molecule has 3 atom stereocenters. The molecule has 0 fully saturated rings. The zero-order chi connectivity index (χ0) is 39.1. The molecule has 1 aliphatic rings. The molecule has 0 spiro atoms. The molecule has 1 N–H and O–H groups in total. The van der Waals surface area contributed by atoms with Crippen molar-refractivity contribution in [2.24, 2.45) is 0 Å². The number of benzene rings is 9. The van der Waals surface area contributed by atoms with Gasteiger partial charge in [-0.1, -0.05) is 195 Å². The van der Waals surface area contributed by atoms with Crippen LogP contribution in [0.3, 0.4) is 0 Å². The van der Waals surface area contributed by atoms with Gasteiger partial charge in [0.25, 0.3) is 0 Å². The minimum Gasteiger partial charge on any atom is -0.295 e. The summed E-state index contributed by atoms with van der Waals surface area (Å²) in [7, 11) is 0.637. The Balaban J connectivity index is 0.000000127. The lowest BCUT2D eigenvalue weighted by Crippen LogP contribution is -2.20. The van der Waals surface area contributed by atoms with E-state index in [9.17, 15) is 0 Å². The van der Waals surface area contributed by atoms with E-state index >= 15 is 0 Å². The smallest absolute Gasteiger partial charge is 0.0113 e. The van der Waals surface area contributed by atoms with E-state index in [1.807, 2.05) is 0 Å². The predicted octanol–water partition coefficient (Wildman–Crippen LogP) is 14.5. The number of aryl methyl sites for hydroxylation is 2. The van der Waals surface area contributed by atoms with Gasteiger partial charge >= 0.3 is 0 Å². The second kappa shape index (κ2) is 18.0. The summed E-state index contributed by atoms with van der Waals surface area (Å²) in [5.41, 5.74) is 10.1. The first-order chi connectivity index (χ1) is 27.9. The van der Waals surface area contributed by atoms with E-state index in [-0.39, 0.29) is 7.92 Å². The Labute approximate surface area is 341 Å². The van der Waals surface area contributed by atoms with E-state index in [1.165, 1.54) is 88.2 Å². The van der Waals surface area contributed by atoms with Crippen molar-refractivity contribution in [1.29, 1.82) is 0 Å². The molecule has 1 heterocycles. The molecule has 0 saturated carbocycles. The van der Waals surface area contributed by atoms with Crippen LogP contribution in [0.15, 0.2) is 182 Å². The van der Waals surface area contributed by atoms with Gasteiger partial charge in [0.05, 0.1) is 0 Å². The van der Waals surface area contributed by atoms with Crippen molar-refractivity contribution in [2.45, 2.75) is 45.6 Å². The van der Waals surface area contributed by atoms with Crippen LogP contribution in [-0.2, 0) is 18.7 Å². The van der Waals surface area contributed by atoms with Crippen molar-refractivity contribution in [1.82, 2.24) is 5.09 Å². The van der Waals surface area contributed by atoms with Crippen molar-refractivity contribution < 1.29 is 0 Å². The highest BCUT2D eigenvalue weighted by Gasteiger charge is 2.24. The van der Waals surface area contributed by atoms with E-state index < -0.39 is 0 Å². The number of hydrogen-bond acceptors (Lipinski definition) is 1. The van der Waals surface area contributed by atoms with E-state index in [0.29, 0.717) is 6.04 Å². The molecule has 0 saturated heterocycles. The minimum atomic E-state index is -0.123. The van der Waals surface area contributed by atoms with Crippen LogP contribution in [0.5, 0.6) is 0 Å². The predicted molar refractivity (Wildman–Crippen MR) is 255 cm³/mol. The average molecular weight is 776 g/mol. The highest BCUT2D eigenvalue weighted by atomic mass is 31.1. The molecule has 10 rings (SSSR count). The van der Waals surface area contributed by atoms with Crippen LogP contribution in [0.25, 0.3) is 54.2 Å². The molecule has 0 aliphatic carbocycles. The fraction of sp³-hybridized carbons (Fsp3) is 0.148. The average Bonchev–Trinajstić information content (AvgIpc) is 3.25. The summed E-state index contributed by atoms with van der Waals surface area (Å²) in [5, 5.41) is 16.1. The van der Waals surface area contributed by atoms with E-state index in [0.717, 1.165) is 21.3 Å². The summed E-state index contributed by atoms with van der Waals surface area (Å²) in [6.45, 7) is 9.05. The second-order valence-electron chi connectivity index (χ2n) is 15.4. The highest BCUT2D eigenvalue weighted by molar-refractivity contribution is 7.64. The molecule has 1 nitrogen and oxygen atoms in total. The molecule has 9 aromatic carbocycles. The molecule has 0 radical (unpaired) electrons. The lowest BCUT2D eigenvalue weighted by molar-refractivity contribution is 0.684. The number of fused-ring (bicyclic) bond motifs is 9.